The second-order valence-electron chi connectivity index (χ2n) is 4.91. The van der Waals surface area contributed by atoms with Crippen LogP contribution in [0, 0.1) is 12.7 Å². The summed E-state index contributed by atoms with van der Waals surface area (Å²) < 4.78 is 14.4. The van der Waals surface area contributed by atoms with E-state index in [-0.39, 0.29) is 30.9 Å². The molecule has 0 unspecified atom stereocenters. The van der Waals surface area contributed by atoms with E-state index in [1.54, 1.807) is 19.1 Å². The predicted octanol–water partition coefficient (Wildman–Crippen LogP) is 2.54. The van der Waals surface area contributed by atoms with E-state index in [0.717, 1.165) is 26.2 Å². The van der Waals surface area contributed by atoms with Gasteiger partial charge in [0.05, 0.1) is 0 Å². The van der Waals surface area contributed by atoms with Crippen molar-refractivity contribution >= 4 is 24.0 Å². The summed E-state index contributed by atoms with van der Waals surface area (Å²) in [5.74, 6) is -0.246. The molecule has 1 fully saturated rings. The highest BCUT2D eigenvalue weighted by Crippen LogP contribution is 2.33. The number of aliphatic hydroxyl groups excluding tert-OH is 1. The average Bonchev–Trinajstić information content (AvgIpc) is 2.43. The normalized spacial score (nSPS) is 17.6. The molecular formula is C14H21Cl2FN2O. The van der Waals surface area contributed by atoms with Crippen LogP contribution in [0.1, 0.15) is 23.6 Å². The summed E-state index contributed by atoms with van der Waals surface area (Å²) in [7, 11) is 0. The summed E-state index contributed by atoms with van der Waals surface area (Å²) in [6.07, 6.45) is 0.500. The molecule has 0 spiro atoms. The second-order valence-corrected chi connectivity index (χ2v) is 5.31. The van der Waals surface area contributed by atoms with Crippen LogP contribution in [0.15, 0.2) is 12.1 Å². The molecule has 1 aromatic rings. The smallest absolute Gasteiger partial charge is 0.132 e. The summed E-state index contributed by atoms with van der Waals surface area (Å²) in [5, 5.41) is 13.0. The largest absolute Gasteiger partial charge is 0.396 e. The molecule has 20 heavy (non-hydrogen) atoms. The first-order valence-corrected chi connectivity index (χ1v) is 7.03. The molecule has 0 radical (unpaired) electrons. The number of halogens is 3. The summed E-state index contributed by atoms with van der Waals surface area (Å²) in [6.45, 7) is 5.21. The molecule has 0 aliphatic carbocycles. The fraction of sp³-hybridized carbons (Fsp3) is 0.571. The molecule has 1 atom stereocenters. The molecule has 0 aromatic heterocycles. The molecule has 1 heterocycles. The molecule has 2 rings (SSSR count). The zero-order chi connectivity index (χ0) is 13.8. The fourth-order valence-corrected chi connectivity index (χ4v) is 2.88. The zero-order valence-corrected chi connectivity index (χ0v) is 13.1. The minimum absolute atomic E-state index is 0. The number of rotatable bonds is 4. The van der Waals surface area contributed by atoms with Gasteiger partial charge in [0.25, 0.3) is 0 Å². The van der Waals surface area contributed by atoms with Crippen molar-refractivity contribution in [2.75, 3.05) is 32.8 Å². The fourth-order valence-electron chi connectivity index (χ4n) is 2.61. The molecule has 114 valence electrons. The van der Waals surface area contributed by atoms with Crippen LogP contribution in [-0.4, -0.2) is 42.8 Å². The topological polar surface area (TPSA) is 35.5 Å². The molecule has 1 saturated heterocycles. The summed E-state index contributed by atoms with van der Waals surface area (Å²) >= 11 is 6.19. The first kappa shape index (κ1) is 17.7. The van der Waals surface area contributed by atoms with Crippen molar-refractivity contribution in [3.63, 3.8) is 0 Å². The highest BCUT2D eigenvalue weighted by molar-refractivity contribution is 6.31. The molecular weight excluding hydrogens is 302 g/mol. The van der Waals surface area contributed by atoms with Crippen molar-refractivity contribution in [1.29, 1.82) is 0 Å². The lowest BCUT2D eigenvalue weighted by atomic mass is 9.98. The van der Waals surface area contributed by atoms with Gasteiger partial charge in [0.1, 0.15) is 5.82 Å². The Balaban J connectivity index is 0.00000200. The van der Waals surface area contributed by atoms with Crippen LogP contribution in [0.5, 0.6) is 0 Å². The summed E-state index contributed by atoms with van der Waals surface area (Å²) in [4.78, 5) is 2.19. The second kappa shape index (κ2) is 8.15. The Morgan fingerprint density at radius 1 is 1.40 bits per heavy atom. The number of aryl methyl sites for hydroxylation is 1. The lowest BCUT2D eigenvalue weighted by molar-refractivity contribution is 0.138. The molecule has 0 amide bonds. The molecule has 1 aliphatic rings. The number of hydrogen-bond acceptors (Lipinski definition) is 3. The van der Waals surface area contributed by atoms with Gasteiger partial charge in [-0.25, -0.2) is 4.39 Å². The number of piperazine rings is 1. The van der Waals surface area contributed by atoms with E-state index >= 15 is 0 Å². The lowest BCUT2D eigenvalue weighted by Crippen LogP contribution is -2.45. The minimum Gasteiger partial charge on any atom is -0.396 e. The van der Waals surface area contributed by atoms with E-state index in [1.165, 1.54) is 0 Å². The lowest BCUT2D eigenvalue weighted by Gasteiger charge is -2.35. The summed E-state index contributed by atoms with van der Waals surface area (Å²) in [6, 6.07) is 3.27. The number of nitrogens with zero attached hydrogens (tertiary/aromatic N) is 1. The molecule has 0 bridgehead atoms. The number of nitrogens with one attached hydrogen (secondary N) is 1. The summed E-state index contributed by atoms with van der Waals surface area (Å²) in [5.41, 5.74) is 1.12. The number of benzene rings is 1. The maximum Gasteiger partial charge on any atom is 0.132 e. The molecule has 6 heteroatoms. The van der Waals surface area contributed by atoms with Crippen molar-refractivity contribution < 1.29 is 9.50 Å². The molecule has 3 nitrogen and oxygen atoms in total. The van der Waals surface area contributed by atoms with Crippen LogP contribution in [-0.2, 0) is 0 Å². The van der Waals surface area contributed by atoms with Gasteiger partial charge in [0.2, 0.25) is 0 Å². The van der Waals surface area contributed by atoms with Crippen molar-refractivity contribution in [3.05, 3.63) is 34.1 Å². The Morgan fingerprint density at radius 3 is 2.65 bits per heavy atom. The molecule has 0 saturated carbocycles. The van der Waals surface area contributed by atoms with Gasteiger partial charge in [0, 0.05) is 49.4 Å². The van der Waals surface area contributed by atoms with Crippen LogP contribution in [0.3, 0.4) is 0 Å². The van der Waals surface area contributed by atoms with Gasteiger partial charge in [-0.05, 0) is 25.0 Å². The minimum atomic E-state index is -0.246. The van der Waals surface area contributed by atoms with Gasteiger partial charge in [0.15, 0.2) is 0 Å². The van der Waals surface area contributed by atoms with E-state index in [9.17, 15) is 9.50 Å². The third-order valence-corrected chi connectivity index (χ3v) is 3.98. The van der Waals surface area contributed by atoms with Crippen molar-refractivity contribution in [1.82, 2.24) is 10.2 Å². The molecule has 1 aromatic carbocycles. The Labute approximate surface area is 130 Å². The van der Waals surface area contributed by atoms with Crippen molar-refractivity contribution in [2.24, 2.45) is 0 Å². The highest BCUT2D eigenvalue weighted by atomic mass is 35.5. The van der Waals surface area contributed by atoms with Crippen molar-refractivity contribution in [2.45, 2.75) is 19.4 Å². The van der Waals surface area contributed by atoms with Crippen LogP contribution < -0.4 is 5.32 Å². The highest BCUT2D eigenvalue weighted by Gasteiger charge is 2.26. The molecule has 1 aliphatic heterocycles. The Hall–Kier alpha value is -0.390. The first-order valence-electron chi connectivity index (χ1n) is 6.65. The zero-order valence-electron chi connectivity index (χ0n) is 11.5. The standard InChI is InChI=1S/C14H20ClFN2O.ClH/c1-10-2-3-11(15)13(14(10)16)12(4-9-19)18-7-5-17-6-8-18;/h2-3,12,17,19H,4-9H2,1H3;1H/t12-;/m0./s1. The van der Waals surface area contributed by atoms with Gasteiger partial charge in [-0.2, -0.15) is 0 Å². The van der Waals surface area contributed by atoms with E-state index in [1.807, 2.05) is 0 Å². The Bertz CT molecular complexity index is 439. The van der Waals surface area contributed by atoms with Gasteiger partial charge in [-0.3, -0.25) is 4.90 Å². The van der Waals surface area contributed by atoms with Crippen molar-refractivity contribution in [3.8, 4) is 0 Å². The Morgan fingerprint density at radius 2 is 2.05 bits per heavy atom. The maximum atomic E-state index is 14.4. The average molecular weight is 323 g/mol. The number of aliphatic hydroxyl groups is 1. The maximum absolute atomic E-state index is 14.4. The van der Waals surface area contributed by atoms with E-state index < -0.39 is 0 Å². The third kappa shape index (κ3) is 3.83. The van der Waals surface area contributed by atoms with E-state index in [0.29, 0.717) is 22.6 Å². The number of hydrogen-bond donors (Lipinski definition) is 2. The quantitative estimate of drug-likeness (QED) is 0.894. The Kier molecular flexibility index (Phi) is 7.20. The van der Waals surface area contributed by atoms with Crippen LogP contribution in [0.25, 0.3) is 0 Å². The third-order valence-electron chi connectivity index (χ3n) is 3.65. The van der Waals surface area contributed by atoms with Crippen LogP contribution in [0.4, 0.5) is 4.39 Å². The SMILES string of the molecule is Cc1ccc(Cl)c([C@H](CCO)N2CCNCC2)c1F.Cl. The molecule has 2 N–H and O–H groups in total. The monoisotopic (exact) mass is 322 g/mol. The predicted molar refractivity (Wildman–Crippen MR) is 82.3 cm³/mol. The van der Waals surface area contributed by atoms with Gasteiger partial charge in [-0.1, -0.05) is 17.7 Å². The van der Waals surface area contributed by atoms with Gasteiger partial charge < -0.3 is 10.4 Å². The van der Waals surface area contributed by atoms with Crippen LogP contribution >= 0.6 is 24.0 Å². The van der Waals surface area contributed by atoms with E-state index in [4.69, 9.17) is 11.6 Å². The first-order chi connectivity index (χ1) is 9.15. The van der Waals surface area contributed by atoms with E-state index in [2.05, 4.69) is 10.2 Å². The van der Waals surface area contributed by atoms with Gasteiger partial charge in [-0.15, -0.1) is 12.4 Å². The van der Waals surface area contributed by atoms with Crippen LogP contribution in [0.2, 0.25) is 5.02 Å². The van der Waals surface area contributed by atoms with Gasteiger partial charge >= 0.3 is 0 Å².